The molecule has 0 heterocycles. The molecule has 0 saturated heterocycles. The molecule has 0 aliphatic rings. The topological polar surface area (TPSA) is 57.6 Å². The van der Waals surface area contributed by atoms with Crippen LogP contribution in [0.2, 0.25) is 5.02 Å². The fraction of sp³-hybridized carbons (Fsp3) is 0.333. The van der Waals surface area contributed by atoms with E-state index < -0.39 is 5.97 Å². The van der Waals surface area contributed by atoms with Crippen LogP contribution in [0.1, 0.15) is 24.2 Å². The highest BCUT2D eigenvalue weighted by molar-refractivity contribution is 9.10. The van der Waals surface area contributed by atoms with Gasteiger partial charge in [-0.05, 0) is 48.0 Å². The van der Waals surface area contributed by atoms with Crippen molar-refractivity contribution in [2.75, 3.05) is 6.54 Å². The van der Waals surface area contributed by atoms with Crippen molar-refractivity contribution in [3.8, 4) is 0 Å². The average molecular weight is 335 g/mol. The number of rotatable bonds is 4. The van der Waals surface area contributed by atoms with Gasteiger partial charge >= 0.3 is 5.97 Å². The molecule has 98 valence electrons. The third-order valence-electron chi connectivity index (χ3n) is 2.36. The Morgan fingerprint density at radius 3 is 2.50 bits per heavy atom. The number of aliphatic carboxylic acids is 1. The molecule has 1 amide bonds. The van der Waals surface area contributed by atoms with E-state index in [1.165, 1.54) is 4.90 Å². The molecule has 1 rings (SSSR count). The Bertz CT molecular complexity index is 476. The van der Waals surface area contributed by atoms with Crippen molar-refractivity contribution in [2.24, 2.45) is 0 Å². The average Bonchev–Trinajstić information content (AvgIpc) is 2.28. The van der Waals surface area contributed by atoms with E-state index in [1.807, 2.05) is 0 Å². The van der Waals surface area contributed by atoms with Gasteiger partial charge in [-0.2, -0.15) is 0 Å². The molecule has 0 saturated carbocycles. The van der Waals surface area contributed by atoms with Crippen molar-refractivity contribution in [2.45, 2.75) is 19.9 Å². The zero-order valence-electron chi connectivity index (χ0n) is 9.98. The summed E-state index contributed by atoms with van der Waals surface area (Å²) in [6.07, 6.45) is 0. The summed E-state index contributed by atoms with van der Waals surface area (Å²) >= 11 is 9.08. The third-order valence-corrected chi connectivity index (χ3v) is 3.57. The number of carbonyl (C=O) groups excluding carboxylic acids is 1. The zero-order chi connectivity index (χ0) is 13.9. The molecular weight excluding hydrogens is 321 g/mol. The van der Waals surface area contributed by atoms with Gasteiger partial charge in [0, 0.05) is 16.1 Å². The van der Waals surface area contributed by atoms with Crippen LogP contribution in [0.5, 0.6) is 0 Å². The lowest BCUT2D eigenvalue weighted by Crippen LogP contribution is -2.40. The number of amides is 1. The lowest BCUT2D eigenvalue weighted by atomic mass is 10.1. The van der Waals surface area contributed by atoms with Crippen LogP contribution < -0.4 is 0 Å². The number of hydrogen-bond donors (Lipinski definition) is 1. The van der Waals surface area contributed by atoms with Crippen LogP contribution in [0.4, 0.5) is 0 Å². The van der Waals surface area contributed by atoms with Gasteiger partial charge in [0.2, 0.25) is 0 Å². The molecule has 6 heteroatoms. The molecule has 0 aromatic heterocycles. The maximum Gasteiger partial charge on any atom is 0.323 e. The first-order chi connectivity index (χ1) is 8.32. The maximum absolute atomic E-state index is 12.2. The summed E-state index contributed by atoms with van der Waals surface area (Å²) in [7, 11) is 0. The Morgan fingerprint density at radius 1 is 1.44 bits per heavy atom. The van der Waals surface area contributed by atoms with E-state index in [0.29, 0.717) is 15.1 Å². The van der Waals surface area contributed by atoms with Gasteiger partial charge in [-0.3, -0.25) is 9.59 Å². The second kappa shape index (κ2) is 6.20. The van der Waals surface area contributed by atoms with Crippen molar-refractivity contribution in [1.82, 2.24) is 4.90 Å². The minimum Gasteiger partial charge on any atom is -0.480 e. The molecular formula is C12H13BrClNO3. The highest BCUT2D eigenvalue weighted by atomic mass is 79.9. The molecule has 0 unspecified atom stereocenters. The Morgan fingerprint density at radius 2 is 2.06 bits per heavy atom. The van der Waals surface area contributed by atoms with E-state index in [0.717, 1.165) is 0 Å². The van der Waals surface area contributed by atoms with E-state index in [1.54, 1.807) is 32.0 Å². The third kappa shape index (κ3) is 3.71. The van der Waals surface area contributed by atoms with Crippen LogP contribution >= 0.6 is 27.5 Å². The van der Waals surface area contributed by atoms with Gasteiger partial charge in [-0.15, -0.1) is 0 Å². The zero-order valence-corrected chi connectivity index (χ0v) is 12.3. The Kier molecular flexibility index (Phi) is 5.16. The van der Waals surface area contributed by atoms with Gasteiger partial charge in [0.15, 0.2) is 0 Å². The molecule has 0 aliphatic carbocycles. The summed E-state index contributed by atoms with van der Waals surface area (Å²) in [5, 5.41) is 9.30. The van der Waals surface area contributed by atoms with Crippen molar-refractivity contribution in [3.05, 3.63) is 33.3 Å². The Labute approximate surface area is 119 Å². The molecule has 0 atom stereocenters. The predicted octanol–water partition coefficient (Wildman–Crippen LogP) is 3.04. The first-order valence-electron chi connectivity index (χ1n) is 5.30. The van der Waals surface area contributed by atoms with Crippen LogP contribution in [-0.2, 0) is 4.79 Å². The molecule has 0 bridgehead atoms. The molecule has 0 radical (unpaired) electrons. The summed E-state index contributed by atoms with van der Waals surface area (Å²) < 4.78 is 0.606. The predicted molar refractivity (Wildman–Crippen MR) is 73.0 cm³/mol. The fourth-order valence-electron chi connectivity index (χ4n) is 1.43. The molecule has 0 spiro atoms. The minimum absolute atomic E-state index is 0.192. The van der Waals surface area contributed by atoms with E-state index in [9.17, 15) is 9.59 Å². The van der Waals surface area contributed by atoms with Crippen LogP contribution in [0.25, 0.3) is 0 Å². The number of carbonyl (C=O) groups is 2. The summed E-state index contributed by atoms with van der Waals surface area (Å²) in [6.45, 7) is 3.22. The lowest BCUT2D eigenvalue weighted by molar-refractivity contribution is -0.138. The second-order valence-electron chi connectivity index (χ2n) is 4.05. The van der Waals surface area contributed by atoms with Crippen molar-refractivity contribution in [3.63, 3.8) is 0 Å². The summed E-state index contributed by atoms with van der Waals surface area (Å²) in [6, 6.07) is 4.57. The van der Waals surface area contributed by atoms with Gasteiger partial charge in [-0.25, -0.2) is 0 Å². The van der Waals surface area contributed by atoms with Crippen LogP contribution in [0.3, 0.4) is 0 Å². The molecule has 0 aliphatic heterocycles. The first-order valence-corrected chi connectivity index (χ1v) is 6.48. The van der Waals surface area contributed by atoms with E-state index in [2.05, 4.69) is 15.9 Å². The minimum atomic E-state index is -1.04. The largest absolute Gasteiger partial charge is 0.480 e. The summed E-state index contributed by atoms with van der Waals surface area (Å²) in [5.74, 6) is -1.37. The standard InChI is InChI=1S/C12H13BrClNO3/c1-7(2)15(6-11(16)17)12(18)8-3-4-10(14)9(13)5-8/h3-5,7H,6H2,1-2H3,(H,16,17). The molecule has 1 aromatic rings. The highest BCUT2D eigenvalue weighted by Gasteiger charge is 2.21. The fourth-order valence-corrected chi connectivity index (χ4v) is 1.93. The molecule has 1 aromatic carbocycles. The number of hydrogen-bond acceptors (Lipinski definition) is 2. The monoisotopic (exact) mass is 333 g/mol. The maximum atomic E-state index is 12.2. The van der Waals surface area contributed by atoms with Crippen molar-refractivity contribution in [1.29, 1.82) is 0 Å². The normalized spacial score (nSPS) is 10.5. The van der Waals surface area contributed by atoms with Crippen molar-refractivity contribution < 1.29 is 14.7 Å². The summed E-state index contributed by atoms with van der Waals surface area (Å²) in [4.78, 5) is 24.2. The summed E-state index contributed by atoms with van der Waals surface area (Å²) in [5.41, 5.74) is 0.404. The number of nitrogens with zero attached hydrogens (tertiary/aromatic N) is 1. The number of carboxylic acids is 1. The second-order valence-corrected chi connectivity index (χ2v) is 5.31. The SMILES string of the molecule is CC(C)N(CC(=O)O)C(=O)c1ccc(Cl)c(Br)c1. The highest BCUT2D eigenvalue weighted by Crippen LogP contribution is 2.24. The van der Waals surface area contributed by atoms with Gasteiger partial charge in [0.05, 0.1) is 5.02 Å². The van der Waals surface area contributed by atoms with Gasteiger partial charge < -0.3 is 10.0 Å². The molecule has 4 nitrogen and oxygen atoms in total. The van der Waals surface area contributed by atoms with E-state index in [-0.39, 0.29) is 18.5 Å². The molecule has 18 heavy (non-hydrogen) atoms. The smallest absolute Gasteiger partial charge is 0.323 e. The van der Waals surface area contributed by atoms with Gasteiger partial charge in [0.1, 0.15) is 6.54 Å². The van der Waals surface area contributed by atoms with Crippen LogP contribution in [0, 0.1) is 0 Å². The number of carboxylic acid groups (broad SMARTS) is 1. The Hall–Kier alpha value is -1.07. The van der Waals surface area contributed by atoms with Crippen molar-refractivity contribution >= 4 is 39.4 Å². The van der Waals surface area contributed by atoms with Gasteiger partial charge in [0.25, 0.3) is 5.91 Å². The first kappa shape index (κ1) is 15.0. The molecule has 1 N–H and O–H groups in total. The lowest BCUT2D eigenvalue weighted by Gasteiger charge is -2.25. The van der Waals surface area contributed by atoms with E-state index >= 15 is 0 Å². The van der Waals surface area contributed by atoms with Crippen LogP contribution in [0.15, 0.2) is 22.7 Å². The van der Waals surface area contributed by atoms with Crippen LogP contribution in [-0.4, -0.2) is 34.5 Å². The Balaban J connectivity index is 3.02. The van der Waals surface area contributed by atoms with Gasteiger partial charge in [-0.1, -0.05) is 11.6 Å². The molecule has 0 fully saturated rings. The number of halogens is 2. The number of benzene rings is 1. The van der Waals surface area contributed by atoms with E-state index in [4.69, 9.17) is 16.7 Å². The quantitative estimate of drug-likeness (QED) is 0.921.